The SMILES string of the molecule is O=C(NCC1CC1)C1CCCN(c2ccc(-c3ccccc3)nn2)C1. The highest BCUT2D eigenvalue weighted by atomic mass is 16.1. The van der Waals surface area contributed by atoms with E-state index in [-0.39, 0.29) is 11.8 Å². The molecular formula is C20H24N4O. The highest BCUT2D eigenvalue weighted by molar-refractivity contribution is 5.79. The van der Waals surface area contributed by atoms with E-state index < -0.39 is 0 Å². The van der Waals surface area contributed by atoms with Gasteiger partial charge >= 0.3 is 0 Å². The second kappa shape index (κ2) is 7.21. The fourth-order valence-corrected chi connectivity index (χ4v) is 3.37. The van der Waals surface area contributed by atoms with Crippen molar-refractivity contribution >= 4 is 11.7 Å². The third-order valence-electron chi connectivity index (χ3n) is 5.10. The van der Waals surface area contributed by atoms with Gasteiger partial charge in [-0.2, -0.15) is 0 Å². The summed E-state index contributed by atoms with van der Waals surface area (Å²) in [7, 11) is 0. The molecule has 1 unspecified atom stereocenters. The Hall–Kier alpha value is -2.43. The third kappa shape index (κ3) is 3.98. The van der Waals surface area contributed by atoms with Gasteiger partial charge in [-0.25, -0.2) is 0 Å². The van der Waals surface area contributed by atoms with E-state index in [1.165, 1.54) is 12.8 Å². The molecule has 5 heteroatoms. The molecule has 2 heterocycles. The molecule has 5 nitrogen and oxygen atoms in total. The second-order valence-electron chi connectivity index (χ2n) is 7.12. The first-order chi connectivity index (χ1) is 12.3. The smallest absolute Gasteiger partial charge is 0.224 e. The zero-order valence-corrected chi connectivity index (χ0v) is 14.4. The van der Waals surface area contributed by atoms with Gasteiger partial charge < -0.3 is 10.2 Å². The monoisotopic (exact) mass is 336 g/mol. The first-order valence-electron chi connectivity index (χ1n) is 9.21. The number of aromatic nitrogens is 2. The lowest BCUT2D eigenvalue weighted by Crippen LogP contribution is -2.43. The molecule has 2 fully saturated rings. The molecule has 1 N–H and O–H groups in total. The first-order valence-corrected chi connectivity index (χ1v) is 9.21. The van der Waals surface area contributed by atoms with Crippen molar-refractivity contribution in [3.05, 3.63) is 42.5 Å². The fourth-order valence-electron chi connectivity index (χ4n) is 3.37. The van der Waals surface area contributed by atoms with Crippen LogP contribution in [0.2, 0.25) is 0 Å². The Kier molecular flexibility index (Phi) is 4.63. The maximum Gasteiger partial charge on any atom is 0.224 e. The molecule has 1 aromatic heterocycles. The molecular weight excluding hydrogens is 312 g/mol. The van der Waals surface area contributed by atoms with Crippen molar-refractivity contribution in [1.29, 1.82) is 0 Å². The molecule has 2 aromatic rings. The van der Waals surface area contributed by atoms with Crippen LogP contribution < -0.4 is 10.2 Å². The summed E-state index contributed by atoms with van der Waals surface area (Å²) < 4.78 is 0. The van der Waals surface area contributed by atoms with Crippen LogP contribution >= 0.6 is 0 Å². The molecule has 0 radical (unpaired) electrons. The van der Waals surface area contributed by atoms with Gasteiger partial charge in [-0.1, -0.05) is 30.3 Å². The minimum Gasteiger partial charge on any atom is -0.356 e. The van der Waals surface area contributed by atoms with Crippen LogP contribution in [0.25, 0.3) is 11.3 Å². The third-order valence-corrected chi connectivity index (χ3v) is 5.10. The van der Waals surface area contributed by atoms with Crippen LogP contribution in [-0.2, 0) is 4.79 Å². The zero-order chi connectivity index (χ0) is 17.1. The quantitative estimate of drug-likeness (QED) is 0.912. The highest BCUT2D eigenvalue weighted by Gasteiger charge is 2.28. The molecule has 1 saturated heterocycles. The van der Waals surface area contributed by atoms with E-state index in [0.29, 0.717) is 0 Å². The molecule has 1 aromatic carbocycles. The summed E-state index contributed by atoms with van der Waals surface area (Å²) in [5, 5.41) is 11.9. The van der Waals surface area contributed by atoms with E-state index in [2.05, 4.69) is 20.4 Å². The van der Waals surface area contributed by atoms with Crippen molar-refractivity contribution in [1.82, 2.24) is 15.5 Å². The van der Waals surface area contributed by atoms with Crippen LogP contribution in [0.4, 0.5) is 5.82 Å². The maximum atomic E-state index is 12.4. The van der Waals surface area contributed by atoms with Gasteiger partial charge in [0.15, 0.2) is 5.82 Å². The van der Waals surface area contributed by atoms with Gasteiger partial charge in [0.1, 0.15) is 0 Å². The number of anilines is 1. The van der Waals surface area contributed by atoms with E-state index in [0.717, 1.165) is 55.5 Å². The van der Waals surface area contributed by atoms with Crippen molar-refractivity contribution in [3.8, 4) is 11.3 Å². The molecule has 0 bridgehead atoms. The largest absolute Gasteiger partial charge is 0.356 e. The lowest BCUT2D eigenvalue weighted by Gasteiger charge is -2.32. The van der Waals surface area contributed by atoms with Gasteiger partial charge in [0.25, 0.3) is 0 Å². The Morgan fingerprint density at radius 1 is 1.08 bits per heavy atom. The molecule has 1 aliphatic carbocycles. The molecule has 25 heavy (non-hydrogen) atoms. The van der Waals surface area contributed by atoms with Crippen LogP contribution in [-0.4, -0.2) is 35.7 Å². The van der Waals surface area contributed by atoms with Gasteiger partial charge in [-0.15, -0.1) is 10.2 Å². The van der Waals surface area contributed by atoms with E-state index in [1.54, 1.807) is 0 Å². The number of carbonyl (C=O) groups is 1. The fraction of sp³-hybridized carbons (Fsp3) is 0.450. The number of nitrogens with zero attached hydrogens (tertiary/aromatic N) is 3. The summed E-state index contributed by atoms with van der Waals surface area (Å²) in [6, 6.07) is 14.1. The number of nitrogens with one attached hydrogen (secondary N) is 1. The molecule has 1 atom stereocenters. The number of amides is 1. The van der Waals surface area contributed by atoms with Crippen molar-refractivity contribution in [2.45, 2.75) is 25.7 Å². The summed E-state index contributed by atoms with van der Waals surface area (Å²) in [6.45, 7) is 2.52. The van der Waals surface area contributed by atoms with E-state index >= 15 is 0 Å². The molecule has 0 spiro atoms. The second-order valence-corrected chi connectivity index (χ2v) is 7.12. The maximum absolute atomic E-state index is 12.4. The van der Waals surface area contributed by atoms with Crippen molar-refractivity contribution in [2.24, 2.45) is 11.8 Å². The lowest BCUT2D eigenvalue weighted by atomic mass is 9.97. The predicted octanol–water partition coefficient (Wildman–Crippen LogP) is 2.89. The molecule has 1 saturated carbocycles. The molecule has 2 aliphatic rings. The lowest BCUT2D eigenvalue weighted by molar-refractivity contribution is -0.125. The standard InChI is InChI=1S/C20H24N4O/c25-20(21-13-15-8-9-15)17-7-4-12-24(14-17)19-11-10-18(22-23-19)16-5-2-1-3-6-16/h1-3,5-6,10-11,15,17H,4,7-9,12-14H2,(H,21,25). The zero-order valence-electron chi connectivity index (χ0n) is 14.4. The number of carbonyl (C=O) groups excluding carboxylic acids is 1. The molecule has 1 amide bonds. The van der Waals surface area contributed by atoms with Crippen LogP contribution in [0.15, 0.2) is 42.5 Å². The number of benzene rings is 1. The van der Waals surface area contributed by atoms with Gasteiger partial charge in [0.2, 0.25) is 5.91 Å². The Morgan fingerprint density at radius 2 is 1.92 bits per heavy atom. The summed E-state index contributed by atoms with van der Waals surface area (Å²) >= 11 is 0. The average molecular weight is 336 g/mol. The van der Waals surface area contributed by atoms with Gasteiger partial charge in [-0.3, -0.25) is 4.79 Å². The average Bonchev–Trinajstić information content (AvgIpc) is 3.51. The topological polar surface area (TPSA) is 58.1 Å². The normalized spacial score (nSPS) is 20.3. The predicted molar refractivity (Wildman–Crippen MR) is 98.1 cm³/mol. The summed E-state index contributed by atoms with van der Waals surface area (Å²) in [6.07, 6.45) is 4.51. The molecule has 1 aliphatic heterocycles. The van der Waals surface area contributed by atoms with E-state index in [9.17, 15) is 4.79 Å². The molecule has 4 rings (SSSR count). The van der Waals surface area contributed by atoms with Gasteiger partial charge in [-0.05, 0) is 43.7 Å². The molecule has 130 valence electrons. The van der Waals surface area contributed by atoms with Gasteiger partial charge in [0, 0.05) is 25.2 Å². The van der Waals surface area contributed by atoms with Crippen LogP contribution in [0.1, 0.15) is 25.7 Å². The van der Waals surface area contributed by atoms with E-state index in [1.807, 2.05) is 42.5 Å². The Bertz CT molecular complexity index is 712. The highest BCUT2D eigenvalue weighted by Crippen LogP contribution is 2.28. The number of hydrogen-bond donors (Lipinski definition) is 1. The Morgan fingerprint density at radius 3 is 2.64 bits per heavy atom. The minimum atomic E-state index is 0.0584. The Labute approximate surface area is 148 Å². The van der Waals surface area contributed by atoms with Crippen molar-refractivity contribution < 1.29 is 4.79 Å². The summed E-state index contributed by atoms with van der Waals surface area (Å²) in [5.74, 6) is 1.84. The summed E-state index contributed by atoms with van der Waals surface area (Å²) in [4.78, 5) is 14.6. The van der Waals surface area contributed by atoms with Gasteiger partial charge in [0.05, 0.1) is 11.6 Å². The number of hydrogen-bond acceptors (Lipinski definition) is 4. The van der Waals surface area contributed by atoms with Crippen LogP contribution in [0.3, 0.4) is 0 Å². The van der Waals surface area contributed by atoms with Crippen LogP contribution in [0, 0.1) is 11.8 Å². The van der Waals surface area contributed by atoms with Crippen molar-refractivity contribution in [2.75, 3.05) is 24.5 Å². The van der Waals surface area contributed by atoms with Crippen molar-refractivity contribution in [3.63, 3.8) is 0 Å². The van der Waals surface area contributed by atoms with E-state index in [4.69, 9.17) is 0 Å². The minimum absolute atomic E-state index is 0.0584. The first kappa shape index (κ1) is 16.1. The number of rotatable bonds is 5. The summed E-state index contributed by atoms with van der Waals surface area (Å²) in [5.41, 5.74) is 1.94. The Balaban J connectivity index is 1.39. The van der Waals surface area contributed by atoms with Crippen LogP contribution in [0.5, 0.6) is 0 Å². The number of piperidine rings is 1.